The first-order valence-electron chi connectivity index (χ1n) is 6.47. The molecule has 3 N–H and O–H groups in total. The van der Waals surface area contributed by atoms with E-state index in [0.29, 0.717) is 6.61 Å². The van der Waals surface area contributed by atoms with Crippen LogP contribution in [0.2, 0.25) is 0 Å². The van der Waals surface area contributed by atoms with Gasteiger partial charge in [0.2, 0.25) is 0 Å². The van der Waals surface area contributed by atoms with Gasteiger partial charge in [0.25, 0.3) is 0 Å². The minimum atomic E-state index is 0.0619. The maximum absolute atomic E-state index is 5.87. The molecule has 0 heterocycles. The summed E-state index contributed by atoms with van der Waals surface area (Å²) in [5, 5.41) is 0. The lowest BCUT2D eigenvalue weighted by atomic mass is 9.98. The summed E-state index contributed by atoms with van der Waals surface area (Å²) in [5.41, 5.74) is 4.14. The summed E-state index contributed by atoms with van der Waals surface area (Å²) in [5.74, 6) is 6.52. The van der Waals surface area contributed by atoms with Gasteiger partial charge in [-0.15, -0.1) is 0 Å². The van der Waals surface area contributed by atoms with Crippen LogP contribution in [0.25, 0.3) is 0 Å². The molecule has 2 rings (SSSR count). The Balaban J connectivity index is 2.08. The number of hydrogen-bond acceptors (Lipinski definition) is 3. The highest BCUT2D eigenvalue weighted by atomic mass is 16.5. The van der Waals surface area contributed by atoms with Crippen LogP contribution < -0.4 is 11.3 Å². The van der Waals surface area contributed by atoms with E-state index in [2.05, 4.69) is 17.6 Å². The predicted molar refractivity (Wildman–Crippen MR) is 69.3 cm³/mol. The lowest BCUT2D eigenvalue weighted by Crippen LogP contribution is -2.41. The highest BCUT2D eigenvalue weighted by molar-refractivity contribution is 5.19. The molecule has 1 aromatic carbocycles. The number of benzene rings is 1. The van der Waals surface area contributed by atoms with Gasteiger partial charge in [0.1, 0.15) is 0 Å². The first-order valence-corrected chi connectivity index (χ1v) is 6.47. The van der Waals surface area contributed by atoms with Crippen LogP contribution in [-0.2, 0) is 4.74 Å². The van der Waals surface area contributed by atoms with Gasteiger partial charge in [-0.3, -0.25) is 11.3 Å². The zero-order valence-electron chi connectivity index (χ0n) is 10.4. The molecule has 0 radical (unpaired) electrons. The molecule has 17 heavy (non-hydrogen) atoms. The second kappa shape index (κ2) is 6.15. The van der Waals surface area contributed by atoms with Gasteiger partial charge in [-0.25, -0.2) is 0 Å². The first-order chi connectivity index (χ1) is 8.35. The van der Waals surface area contributed by atoms with Crippen LogP contribution in [0.1, 0.15) is 37.9 Å². The number of nitrogens with one attached hydrogen (secondary N) is 1. The molecule has 1 saturated carbocycles. The zero-order chi connectivity index (χ0) is 12.1. The van der Waals surface area contributed by atoms with E-state index < -0.39 is 0 Å². The van der Waals surface area contributed by atoms with Gasteiger partial charge >= 0.3 is 0 Å². The lowest BCUT2D eigenvalue weighted by Gasteiger charge is -2.27. The molecule has 0 spiro atoms. The maximum Gasteiger partial charge on any atom is 0.0991 e. The van der Waals surface area contributed by atoms with Crippen molar-refractivity contribution in [3.8, 4) is 0 Å². The van der Waals surface area contributed by atoms with Crippen molar-refractivity contribution < 1.29 is 4.74 Å². The Morgan fingerprint density at radius 3 is 2.59 bits per heavy atom. The number of nitrogens with two attached hydrogens (primary N) is 1. The van der Waals surface area contributed by atoms with Gasteiger partial charge in [0.05, 0.1) is 12.1 Å². The van der Waals surface area contributed by atoms with Crippen LogP contribution in [0.15, 0.2) is 30.3 Å². The Hall–Kier alpha value is -0.900. The third-order valence-electron chi connectivity index (χ3n) is 3.34. The lowest BCUT2D eigenvalue weighted by molar-refractivity contribution is 0.0293. The van der Waals surface area contributed by atoms with Crippen molar-refractivity contribution in [1.29, 1.82) is 0 Å². The van der Waals surface area contributed by atoms with Crippen LogP contribution in [0.4, 0.5) is 0 Å². The summed E-state index contributed by atoms with van der Waals surface area (Å²) in [6.07, 6.45) is 3.85. The van der Waals surface area contributed by atoms with Crippen LogP contribution in [0.5, 0.6) is 0 Å². The average molecular weight is 234 g/mol. The number of rotatable bonds is 7. The van der Waals surface area contributed by atoms with Gasteiger partial charge in [0, 0.05) is 6.61 Å². The minimum Gasteiger partial charge on any atom is -0.372 e. The third-order valence-corrected chi connectivity index (χ3v) is 3.34. The van der Waals surface area contributed by atoms with Gasteiger partial charge in [-0.1, -0.05) is 43.2 Å². The van der Waals surface area contributed by atoms with E-state index in [1.165, 1.54) is 18.4 Å². The fourth-order valence-corrected chi connectivity index (χ4v) is 2.26. The largest absolute Gasteiger partial charge is 0.372 e. The third kappa shape index (κ3) is 3.53. The second-order valence-corrected chi connectivity index (χ2v) is 4.74. The molecule has 0 bridgehead atoms. The molecule has 2 unspecified atom stereocenters. The summed E-state index contributed by atoms with van der Waals surface area (Å²) in [6, 6.07) is 10.6. The molecule has 0 saturated heterocycles. The molecule has 0 amide bonds. The number of hydrogen-bond donors (Lipinski definition) is 2. The van der Waals surface area contributed by atoms with E-state index in [0.717, 1.165) is 12.3 Å². The normalized spacial score (nSPS) is 18.9. The molecule has 1 aromatic rings. The molecule has 3 heteroatoms. The highest BCUT2D eigenvalue weighted by Gasteiger charge is 2.30. The van der Waals surface area contributed by atoms with Crippen molar-refractivity contribution in [3.63, 3.8) is 0 Å². The fraction of sp³-hybridized carbons (Fsp3) is 0.571. The Labute approximate surface area is 103 Å². The Kier molecular flexibility index (Phi) is 4.54. The smallest absolute Gasteiger partial charge is 0.0991 e. The topological polar surface area (TPSA) is 47.3 Å². The monoisotopic (exact) mass is 234 g/mol. The molecule has 1 aliphatic carbocycles. The first kappa shape index (κ1) is 12.6. The quantitative estimate of drug-likeness (QED) is 0.562. The Morgan fingerprint density at radius 2 is 2.06 bits per heavy atom. The standard InChI is InChI=1S/C14H22N2O/c1-2-17-14(12-6-4-3-5-7-12)13(16-15)10-11-8-9-11/h3-7,11,13-14,16H,2,8-10,15H2,1H3. The van der Waals surface area contributed by atoms with Crippen LogP contribution >= 0.6 is 0 Å². The Morgan fingerprint density at radius 1 is 1.35 bits per heavy atom. The fourth-order valence-electron chi connectivity index (χ4n) is 2.26. The van der Waals surface area contributed by atoms with Crippen molar-refractivity contribution in [1.82, 2.24) is 5.43 Å². The van der Waals surface area contributed by atoms with Gasteiger partial charge in [-0.05, 0) is 24.8 Å². The van der Waals surface area contributed by atoms with Crippen LogP contribution in [-0.4, -0.2) is 12.6 Å². The van der Waals surface area contributed by atoms with E-state index >= 15 is 0 Å². The van der Waals surface area contributed by atoms with E-state index in [1.54, 1.807) is 0 Å². The average Bonchev–Trinajstić information content (AvgIpc) is 3.18. The van der Waals surface area contributed by atoms with E-state index in [4.69, 9.17) is 10.6 Å². The van der Waals surface area contributed by atoms with Gasteiger partial charge in [0.15, 0.2) is 0 Å². The van der Waals surface area contributed by atoms with E-state index in [-0.39, 0.29) is 12.1 Å². The SMILES string of the molecule is CCOC(c1ccccc1)C(CC1CC1)NN. The molecule has 0 aliphatic heterocycles. The van der Waals surface area contributed by atoms with Crippen molar-refractivity contribution in [3.05, 3.63) is 35.9 Å². The molecular weight excluding hydrogens is 212 g/mol. The summed E-state index contributed by atoms with van der Waals surface area (Å²) < 4.78 is 5.87. The molecule has 0 aromatic heterocycles. The van der Waals surface area contributed by atoms with Crippen molar-refractivity contribution in [2.45, 2.75) is 38.3 Å². The van der Waals surface area contributed by atoms with E-state index in [9.17, 15) is 0 Å². The summed E-state index contributed by atoms with van der Waals surface area (Å²) in [7, 11) is 0. The summed E-state index contributed by atoms with van der Waals surface area (Å²) in [6.45, 7) is 2.74. The zero-order valence-corrected chi connectivity index (χ0v) is 10.4. The number of ether oxygens (including phenoxy) is 1. The molecule has 1 fully saturated rings. The minimum absolute atomic E-state index is 0.0619. The Bertz CT molecular complexity index is 324. The maximum atomic E-state index is 5.87. The van der Waals surface area contributed by atoms with Crippen LogP contribution in [0, 0.1) is 5.92 Å². The summed E-state index contributed by atoms with van der Waals surface area (Å²) in [4.78, 5) is 0. The summed E-state index contributed by atoms with van der Waals surface area (Å²) >= 11 is 0. The van der Waals surface area contributed by atoms with Gasteiger partial charge in [-0.2, -0.15) is 0 Å². The predicted octanol–water partition coefficient (Wildman–Crippen LogP) is 2.40. The second-order valence-electron chi connectivity index (χ2n) is 4.74. The molecule has 94 valence electrons. The van der Waals surface area contributed by atoms with Crippen molar-refractivity contribution in [2.75, 3.05) is 6.61 Å². The molecule has 3 nitrogen and oxygen atoms in total. The molecular formula is C14H22N2O. The van der Waals surface area contributed by atoms with Crippen molar-refractivity contribution in [2.24, 2.45) is 11.8 Å². The number of hydrazine groups is 1. The molecule has 2 atom stereocenters. The van der Waals surface area contributed by atoms with Crippen molar-refractivity contribution >= 4 is 0 Å². The highest BCUT2D eigenvalue weighted by Crippen LogP contribution is 2.36. The van der Waals surface area contributed by atoms with Gasteiger partial charge < -0.3 is 4.74 Å². The van der Waals surface area contributed by atoms with Crippen LogP contribution in [0.3, 0.4) is 0 Å². The molecule has 1 aliphatic rings. The van der Waals surface area contributed by atoms with E-state index in [1.807, 2.05) is 25.1 Å².